The SMILES string of the molecule is Cc1cc2cnn(-c3cnn(C)c3)c2cc1C1=CCN(C(=O)OC(C)(C)C)CC1C. The molecule has 0 N–H and O–H groups in total. The molecule has 1 aliphatic rings. The normalized spacial score (nSPS) is 17.3. The van der Waals surface area contributed by atoms with Crippen LogP contribution in [0.2, 0.25) is 0 Å². The van der Waals surface area contributed by atoms with Gasteiger partial charge in [0.15, 0.2) is 0 Å². The number of fused-ring (bicyclic) bond motifs is 1. The van der Waals surface area contributed by atoms with Gasteiger partial charge in [-0.25, -0.2) is 9.48 Å². The van der Waals surface area contributed by atoms with Gasteiger partial charge in [0.2, 0.25) is 0 Å². The van der Waals surface area contributed by atoms with Crippen molar-refractivity contribution < 1.29 is 9.53 Å². The summed E-state index contributed by atoms with van der Waals surface area (Å²) >= 11 is 0. The maximum absolute atomic E-state index is 12.5. The van der Waals surface area contributed by atoms with Gasteiger partial charge in [-0.15, -0.1) is 0 Å². The van der Waals surface area contributed by atoms with Crippen LogP contribution in [0.1, 0.15) is 38.8 Å². The van der Waals surface area contributed by atoms with Crippen LogP contribution in [0, 0.1) is 12.8 Å². The predicted molar refractivity (Wildman–Crippen MR) is 118 cm³/mol. The molecule has 0 spiro atoms. The molecule has 0 bridgehead atoms. The summed E-state index contributed by atoms with van der Waals surface area (Å²) in [6.45, 7) is 11.2. The van der Waals surface area contributed by atoms with E-state index in [1.54, 1.807) is 9.58 Å². The number of hydrogen-bond donors (Lipinski definition) is 0. The first-order chi connectivity index (χ1) is 14.1. The molecule has 158 valence electrons. The van der Waals surface area contributed by atoms with Crippen molar-refractivity contribution in [2.24, 2.45) is 13.0 Å². The summed E-state index contributed by atoms with van der Waals surface area (Å²) in [5.41, 5.74) is 5.15. The van der Waals surface area contributed by atoms with Gasteiger partial charge in [-0.05, 0) is 62.4 Å². The van der Waals surface area contributed by atoms with Crippen molar-refractivity contribution in [1.82, 2.24) is 24.5 Å². The van der Waals surface area contributed by atoms with E-state index in [0.717, 1.165) is 16.6 Å². The van der Waals surface area contributed by atoms with Gasteiger partial charge in [-0.1, -0.05) is 13.0 Å². The van der Waals surface area contributed by atoms with Gasteiger partial charge in [0.25, 0.3) is 0 Å². The van der Waals surface area contributed by atoms with E-state index in [4.69, 9.17) is 4.74 Å². The molecule has 1 atom stereocenters. The molecule has 0 radical (unpaired) electrons. The number of nitrogens with zero attached hydrogens (tertiary/aromatic N) is 5. The minimum absolute atomic E-state index is 0.206. The van der Waals surface area contributed by atoms with E-state index < -0.39 is 5.60 Å². The van der Waals surface area contributed by atoms with E-state index in [-0.39, 0.29) is 12.0 Å². The maximum Gasteiger partial charge on any atom is 0.410 e. The van der Waals surface area contributed by atoms with E-state index in [1.807, 2.05) is 51.1 Å². The third kappa shape index (κ3) is 3.84. The molecular formula is C23H29N5O2. The molecule has 7 heteroatoms. The van der Waals surface area contributed by atoms with E-state index in [0.29, 0.717) is 13.1 Å². The Labute approximate surface area is 176 Å². The second-order valence-corrected chi connectivity index (χ2v) is 9.10. The third-order valence-electron chi connectivity index (χ3n) is 5.37. The van der Waals surface area contributed by atoms with Gasteiger partial charge in [0.1, 0.15) is 11.3 Å². The lowest BCUT2D eigenvalue weighted by Gasteiger charge is -2.33. The first-order valence-electron chi connectivity index (χ1n) is 10.3. The fourth-order valence-electron chi connectivity index (χ4n) is 3.99. The largest absolute Gasteiger partial charge is 0.444 e. The molecule has 7 nitrogen and oxygen atoms in total. The second kappa shape index (κ2) is 7.31. The fourth-order valence-corrected chi connectivity index (χ4v) is 3.99. The molecule has 1 amide bonds. The molecule has 3 aromatic rings. The highest BCUT2D eigenvalue weighted by molar-refractivity contribution is 5.87. The zero-order valence-electron chi connectivity index (χ0n) is 18.5. The molecule has 1 aliphatic heterocycles. The van der Waals surface area contributed by atoms with Crippen LogP contribution in [0.3, 0.4) is 0 Å². The predicted octanol–water partition coefficient (Wildman–Crippen LogP) is 4.34. The molecule has 0 saturated carbocycles. The number of aromatic nitrogens is 4. The van der Waals surface area contributed by atoms with Gasteiger partial charge in [-0.3, -0.25) is 4.68 Å². The Hall–Kier alpha value is -3.09. The van der Waals surface area contributed by atoms with E-state index in [2.05, 4.69) is 42.3 Å². The minimum atomic E-state index is -0.489. The van der Waals surface area contributed by atoms with Crippen molar-refractivity contribution in [3.8, 4) is 5.69 Å². The summed E-state index contributed by atoms with van der Waals surface area (Å²) in [6, 6.07) is 4.38. The average molecular weight is 408 g/mol. The number of carbonyl (C=O) groups is 1. The Balaban J connectivity index is 1.67. The van der Waals surface area contributed by atoms with Crippen LogP contribution < -0.4 is 0 Å². The van der Waals surface area contributed by atoms with Crippen LogP contribution in [0.5, 0.6) is 0 Å². The lowest BCUT2D eigenvalue weighted by molar-refractivity contribution is 0.0252. The van der Waals surface area contributed by atoms with Crippen molar-refractivity contribution in [2.75, 3.05) is 13.1 Å². The number of rotatable bonds is 2. The Kier molecular flexibility index (Phi) is 4.92. The Morgan fingerprint density at radius 3 is 2.60 bits per heavy atom. The van der Waals surface area contributed by atoms with Gasteiger partial charge >= 0.3 is 6.09 Å². The molecule has 1 aromatic carbocycles. The minimum Gasteiger partial charge on any atom is -0.444 e. The van der Waals surface area contributed by atoms with E-state index in [1.165, 1.54) is 16.7 Å². The molecule has 2 aromatic heterocycles. The number of hydrogen-bond acceptors (Lipinski definition) is 4. The first-order valence-corrected chi connectivity index (χ1v) is 10.3. The van der Waals surface area contributed by atoms with Crippen LogP contribution in [0.4, 0.5) is 4.79 Å². The van der Waals surface area contributed by atoms with Crippen LogP contribution >= 0.6 is 0 Å². The molecule has 0 saturated heterocycles. The van der Waals surface area contributed by atoms with E-state index in [9.17, 15) is 4.79 Å². The van der Waals surface area contributed by atoms with Crippen molar-refractivity contribution >= 4 is 22.6 Å². The summed E-state index contributed by atoms with van der Waals surface area (Å²) in [6.07, 6.45) is 7.55. The summed E-state index contributed by atoms with van der Waals surface area (Å²) in [4.78, 5) is 14.2. The van der Waals surface area contributed by atoms with Crippen molar-refractivity contribution in [3.05, 3.63) is 47.9 Å². The molecule has 1 unspecified atom stereocenters. The fraction of sp³-hybridized carbons (Fsp3) is 0.435. The number of benzene rings is 1. The number of ether oxygens (including phenoxy) is 1. The zero-order valence-corrected chi connectivity index (χ0v) is 18.5. The highest BCUT2D eigenvalue weighted by atomic mass is 16.6. The zero-order chi connectivity index (χ0) is 21.6. The van der Waals surface area contributed by atoms with Crippen LogP contribution in [0.15, 0.2) is 36.8 Å². The van der Waals surface area contributed by atoms with Crippen LogP contribution in [-0.4, -0.2) is 49.2 Å². The molecule has 4 rings (SSSR count). The summed E-state index contributed by atoms with van der Waals surface area (Å²) in [7, 11) is 1.90. The van der Waals surface area contributed by atoms with Gasteiger partial charge in [0, 0.05) is 25.5 Å². The number of aryl methyl sites for hydroxylation is 2. The Bertz CT molecular complexity index is 1130. The van der Waals surface area contributed by atoms with Crippen LogP contribution in [-0.2, 0) is 11.8 Å². The van der Waals surface area contributed by atoms with Crippen molar-refractivity contribution in [3.63, 3.8) is 0 Å². The highest BCUT2D eigenvalue weighted by Crippen LogP contribution is 2.33. The van der Waals surface area contributed by atoms with Crippen molar-refractivity contribution in [1.29, 1.82) is 0 Å². The third-order valence-corrected chi connectivity index (χ3v) is 5.37. The lowest BCUT2D eigenvalue weighted by Crippen LogP contribution is -2.41. The topological polar surface area (TPSA) is 65.2 Å². The number of amides is 1. The summed E-state index contributed by atoms with van der Waals surface area (Å²) in [5, 5.41) is 9.93. The smallest absolute Gasteiger partial charge is 0.410 e. The first kappa shape index (κ1) is 20.2. The molecule has 3 heterocycles. The van der Waals surface area contributed by atoms with Gasteiger partial charge < -0.3 is 9.64 Å². The molecule has 30 heavy (non-hydrogen) atoms. The van der Waals surface area contributed by atoms with Crippen LogP contribution in [0.25, 0.3) is 22.2 Å². The summed E-state index contributed by atoms with van der Waals surface area (Å²) in [5.74, 6) is 0.206. The maximum atomic E-state index is 12.5. The standard InChI is InChI=1S/C23H29N5O2/c1-15-9-17-11-25-28(18-12-24-26(6)14-18)21(17)10-20(15)19-7-8-27(13-16(19)2)22(29)30-23(3,4)5/h7,9-12,14,16H,8,13H2,1-6H3. The van der Waals surface area contributed by atoms with Crippen molar-refractivity contribution in [2.45, 2.75) is 40.2 Å². The van der Waals surface area contributed by atoms with Gasteiger partial charge in [0.05, 0.1) is 24.1 Å². The molecule has 0 aliphatic carbocycles. The summed E-state index contributed by atoms with van der Waals surface area (Å²) < 4.78 is 9.24. The second-order valence-electron chi connectivity index (χ2n) is 9.10. The number of carbonyl (C=O) groups excluding carboxylic acids is 1. The highest BCUT2D eigenvalue weighted by Gasteiger charge is 2.28. The van der Waals surface area contributed by atoms with E-state index >= 15 is 0 Å². The van der Waals surface area contributed by atoms with Gasteiger partial charge in [-0.2, -0.15) is 10.2 Å². The monoisotopic (exact) mass is 407 g/mol. The average Bonchev–Trinajstić information content (AvgIpc) is 3.25. The molecule has 0 fully saturated rings. The Morgan fingerprint density at radius 1 is 1.20 bits per heavy atom. The molecular weight excluding hydrogens is 378 g/mol. The quantitative estimate of drug-likeness (QED) is 0.634. The Morgan fingerprint density at radius 2 is 1.97 bits per heavy atom. The lowest BCUT2D eigenvalue weighted by atomic mass is 9.87.